The van der Waals surface area contributed by atoms with Gasteiger partial charge < -0.3 is 0 Å². The zero-order valence-corrected chi connectivity index (χ0v) is 6.46. The average Bonchev–Trinajstić information content (AvgIpc) is 1.91. The van der Waals surface area contributed by atoms with Crippen LogP contribution in [-0.4, -0.2) is 11.8 Å². The lowest BCUT2D eigenvalue weighted by atomic mass is 10.1. The molecule has 0 radical (unpaired) electrons. The quantitative estimate of drug-likeness (QED) is 0.552. The Bertz CT molecular complexity index is 123. The standard InChI is InChI=1S/C7H13NO2/c1-3-5-7(9)6(4-2)8-10/h6H,3-5H2,1-2H3. The summed E-state index contributed by atoms with van der Waals surface area (Å²) in [5, 5.41) is 2.73. The molecule has 0 rings (SSSR count). The van der Waals surface area contributed by atoms with E-state index in [9.17, 15) is 9.70 Å². The van der Waals surface area contributed by atoms with Crippen LogP contribution in [0.2, 0.25) is 0 Å². The molecule has 3 nitrogen and oxygen atoms in total. The predicted molar refractivity (Wildman–Crippen MR) is 39.8 cm³/mol. The third kappa shape index (κ3) is 2.71. The van der Waals surface area contributed by atoms with Crippen molar-refractivity contribution >= 4 is 5.78 Å². The number of hydrogen-bond donors (Lipinski definition) is 0. The van der Waals surface area contributed by atoms with Crippen LogP contribution in [0.5, 0.6) is 0 Å². The molecule has 0 amide bonds. The lowest BCUT2D eigenvalue weighted by Crippen LogP contribution is -2.16. The van der Waals surface area contributed by atoms with Gasteiger partial charge in [0.15, 0.2) is 5.78 Å². The summed E-state index contributed by atoms with van der Waals surface area (Å²) in [5.41, 5.74) is 0. The smallest absolute Gasteiger partial charge is 0.160 e. The molecule has 58 valence electrons. The van der Waals surface area contributed by atoms with Crippen LogP contribution in [0.1, 0.15) is 33.1 Å². The van der Waals surface area contributed by atoms with E-state index in [-0.39, 0.29) is 5.78 Å². The third-order valence-corrected chi connectivity index (χ3v) is 1.38. The molecule has 3 heteroatoms. The highest BCUT2D eigenvalue weighted by Crippen LogP contribution is 2.02. The first-order chi connectivity index (χ1) is 4.76. The molecule has 0 aliphatic heterocycles. The van der Waals surface area contributed by atoms with Crippen molar-refractivity contribution in [2.45, 2.75) is 39.2 Å². The van der Waals surface area contributed by atoms with Crippen LogP contribution in [0.3, 0.4) is 0 Å². The molecular formula is C7H13NO2. The molecule has 0 bridgehead atoms. The van der Waals surface area contributed by atoms with Gasteiger partial charge in [-0.1, -0.05) is 19.0 Å². The molecule has 0 fully saturated rings. The number of nitroso groups, excluding NO2 is 1. The number of carbonyl (C=O) groups is 1. The number of Topliss-reactive ketones (excluding diaryl/α,β-unsaturated/α-hetero) is 1. The van der Waals surface area contributed by atoms with Crippen LogP contribution in [0.15, 0.2) is 5.18 Å². The van der Waals surface area contributed by atoms with Crippen molar-refractivity contribution in [3.05, 3.63) is 4.91 Å². The fourth-order valence-corrected chi connectivity index (χ4v) is 0.774. The Morgan fingerprint density at radius 2 is 2.10 bits per heavy atom. The maximum Gasteiger partial charge on any atom is 0.160 e. The minimum absolute atomic E-state index is 0.0278. The molecule has 0 aliphatic rings. The molecule has 0 saturated heterocycles. The van der Waals surface area contributed by atoms with Crippen LogP contribution < -0.4 is 0 Å². The molecule has 0 N–H and O–H groups in total. The van der Waals surface area contributed by atoms with Gasteiger partial charge in [-0.05, 0) is 12.8 Å². The lowest BCUT2D eigenvalue weighted by Gasteiger charge is -2.01. The lowest BCUT2D eigenvalue weighted by molar-refractivity contribution is -0.120. The normalized spacial score (nSPS) is 12.6. The van der Waals surface area contributed by atoms with E-state index in [1.165, 1.54) is 0 Å². The van der Waals surface area contributed by atoms with Crippen LogP contribution >= 0.6 is 0 Å². The fourth-order valence-electron chi connectivity index (χ4n) is 0.774. The largest absolute Gasteiger partial charge is 0.297 e. The number of hydrogen-bond acceptors (Lipinski definition) is 3. The van der Waals surface area contributed by atoms with E-state index in [0.29, 0.717) is 12.8 Å². The zero-order chi connectivity index (χ0) is 7.98. The molecule has 10 heavy (non-hydrogen) atoms. The Kier molecular flexibility index (Phi) is 4.72. The Labute approximate surface area is 60.8 Å². The highest BCUT2D eigenvalue weighted by Gasteiger charge is 2.14. The van der Waals surface area contributed by atoms with Gasteiger partial charge in [-0.15, -0.1) is 0 Å². The molecule has 0 heterocycles. The molecule has 0 aliphatic carbocycles. The Balaban J connectivity index is 3.76. The molecule has 0 aromatic rings. The highest BCUT2D eigenvalue weighted by atomic mass is 16.3. The van der Waals surface area contributed by atoms with Crippen molar-refractivity contribution in [3.63, 3.8) is 0 Å². The van der Waals surface area contributed by atoms with Crippen molar-refractivity contribution in [1.82, 2.24) is 0 Å². The minimum atomic E-state index is -0.597. The maximum atomic E-state index is 10.9. The molecule has 1 unspecified atom stereocenters. The van der Waals surface area contributed by atoms with Crippen LogP contribution in [0.4, 0.5) is 0 Å². The van der Waals surface area contributed by atoms with Gasteiger partial charge in [0.05, 0.1) is 0 Å². The summed E-state index contributed by atoms with van der Waals surface area (Å²) >= 11 is 0. The summed E-state index contributed by atoms with van der Waals surface area (Å²) < 4.78 is 0. The summed E-state index contributed by atoms with van der Waals surface area (Å²) in [6.45, 7) is 3.70. The van der Waals surface area contributed by atoms with Crippen LogP contribution in [-0.2, 0) is 4.79 Å². The number of rotatable bonds is 5. The summed E-state index contributed by atoms with van der Waals surface area (Å²) in [6.07, 6.45) is 1.80. The van der Waals surface area contributed by atoms with Gasteiger partial charge in [0.25, 0.3) is 0 Å². The van der Waals surface area contributed by atoms with Crippen LogP contribution in [0, 0.1) is 4.91 Å². The fraction of sp³-hybridized carbons (Fsp3) is 0.857. The Morgan fingerprint density at radius 3 is 2.40 bits per heavy atom. The van der Waals surface area contributed by atoms with E-state index in [1.54, 1.807) is 6.92 Å². The van der Waals surface area contributed by atoms with E-state index in [1.807, 2.05) is 6.92 Å². The van der Waals surface area contributed by atoms with Crippen molar-refractivity contribution in [2.24, 2.45) is 5.18 Å². The van der Waals surface area contributed by atoms with Gasteiger partial charge in [0.1, 0.15) is 6.04 Å². The topological polar surface area (TPSA) is 46.5 Å². The van der Waals surface area contributed by atoms with Gasteiger partial charge in [-0.25, -0.2) is 0 Å². The number of nitrogens with zero attached hydrogens (tertiary/aromatic N) is 1. The van der Waals surface area contributed by atoms with E-state index in [4.69, 9.17) is 0 Å². The first-order valence-electron chi connectivity index (χ1n) is 3.61. The van der Waals surface area contributed by atoms with Crippen molar-refractivity contribution in [1.29, 1.82) is 0 Å². The third-order valence-electron chi connectivity index (χ3n) is 1.38. The Hall–Kier alpha value is -0.730. The molecule has 0 saturated carbocycles. The SMILES string of the molecule is CCCC(=O)C(CC)N=O. The molecule has 0 aromatic heterocycles. The van der Waals surface area contributed by atoms with Crippen molar-refractivity contribution in [2.75, 3.05) is 0 Å². The summed E-state index contributed by atoms with van der Waals surface area (Å²) in [6, 6.07) is -0.597. The number of carbonyl (C=O) groups excluding carboxylic acids is 1. The van der Waals surface area contributed by atoms with Crippen LogP contribution in [0.25, 0.3) is 0 Å². The second-order valence-corrected chi connectivity index (χ2v) is 2.25. The van der Waals surface area contributed by atoms with Gasteiger partial charge in [0.2, 0.25) is 0 Å². The van der Waals surface area contributed by atoms with E-state index < -0.39 is 6.04 Å². The zero-order valence-electron chi connectivity index (χ0n) is 6.46. The first kappa shape index (κ1) is 9.27. The summed E-state index contributed by atoms with van der Waals surface area (Å²) in [7, 11) is 0. The number of ketones is 1. The average molecular weight is 143 g/mol. The first-order valence-corrected chi connectivity index (χ1v) is 3.61. The minimum Gasteiger partial charge on any atom is -0.297 e. The van der Waals surface area contributed by atoms with Gasteiger partial charge in [-0.2, -0.15) is 4.91 Å². The van der Waals surface area contributed by atoms with Gasteiger partial charge >= 0.3 is 0 Å². The molecule has 1 atom stereocenters. The summed E-state index contributed by atoms with van der Waals surface area (Å²) in [4.78, 5) is 20.9. The second kappa shape index (κ2) is 5.09. The monoisotopic (exact) mass is 143 g/mol. The predicted octanol–water partition coefficient (Wildman–Crippen LogP) is 1.90. The van der Waals surface area contributed by atoms with Gasteiger partial charge in [-0.3, -0.25) is 4.79 Å². The van der Waals surface area contributed by atoms with E-state index >= 15 is 0 Å². The van der Waals surface area contributed by atoms with Crippen molar-refractivity contribution < 1.29 is 4.79 Å². The second-order valence-electron chi connectivity index (χ2n) is 2.25. The molecule has 0 aromatic carbocycles. The summed E-state index contributed by atoms with van der Waals surface area (Å²) in [5.74, 6) is -0.0278. The van der Waals surface area contributed by atoms with E-state index in [2.05, 4.69) is 5.18 Å². The highest BCUT2D eigenvalue weighted by molar-refractivity contribution is 5.83. The van der Waals surface area contributed by atoms with Crippen molar-refractivity contribution in [3.8, 4) is 0 Å². The van der Waals surface area contributed by atoms with Gasteiger partial charge in [0, 0.05) is 6.42 Å². The molecule has 0 spiro atoms. The van der Waals surface area contributed by atoms with E-state index in [0.717, 1.165) is 6.42 Å². The molecular weight excluding hydrogens is 130 g/mol. The maximum absolute atomic E-state index is 10.9. The Morgan fingerprint density at radius 1 is 1.50 bits per heavy atom.